The smallest absolute Gasteiger partial charge is 0.188 e. The average molecular weight is 314 g/mol. The quantitative estimate of drug-likeness (QED) is 0.855. The average Bonchev–Trinajstić information content (AvgIpc) is 2.58. The zero-order valence-corrected chi connectivity index (χ0v) is 12.8. The minimum Gasteiger partial charge on any atom is -0.343 e. The normalized spacial score (nSPS) is 11.7. The molecule has 2 aromatic rings. The molecule has 0 spiro atoms. The number of fused-ring (bicyclic) bond motifs is 1. The number of thiazole rings is 1. The van der Waals surface area contributed by atoms with Crippen LogP contribution < -0.4 is 4.90 Å². The predicted octanol–water partition coefficient (Wildman–Crippen LogP) is 4.08. The molecule has 17 heavy (non-hydrogen) atoms. The summed E-state index contributed by atoms with van der Waals surface area (Å²) in [7, 11) is 0. The van der Waals surface area contributed by atoms with Crippen molar-refractivity contribution in [1.29, 1.82) is 0 Å². The Balaban J connectivity index is 2.47. The molecule has 0 unspecified atom stereocenters. The van der Waals surface area contributed by atoms with Crippen LogP contribution in [0.5, 0.6) is 0 Å². The molecule has 92 valence electrons. The molecule has 0 atom stereocenters. The lowest BCUT2D eigenvalue weighted by atomic mass is 10.2. The van der Waals surface area contributed by atoms with E-state index < -0.39 is 0 Å². The molecule has 0 aliphatic rings. The summed E-state index contributed by atoms with van der Waals surface area (Å²) in [5, 5.41) is 1.05. The van der Waals surface area contributed by atoms with Gasteiger partial charge in [0.2, 0.25) is 0 Å². The van der Waals surface area contributed by atoms with Crippen molar-refractivity contribution in [3.8, 4) is 0 Å². The summed E-state index contributed by atoms with van der Waals surface area (Å²) in [5.41, 5.74) is 0.833. The molecule has 0 fully saturated rings. The highest BCUT2D eigenvalue weighted by molar-refractivity contribution is 9.10. The minimum absolute atomic E-state index is 0.444. The molecule has 0 amide bonds. The first-order valence-electron chi connectivity index (χ1n) is 5.69. The van der Waals surface area contributed by atoms with Gasteiger partial charge in [0.25, 0.3) is 0 Å². The van der Waals surface area contributed by atoms with Gasteiger partial charge in [-0.15, -0.1) is 0 Å². The Bertz CT molecular complexity index is 513. The summed E-state index contributed by atoms with van der Waals surface area (Å²) < 4.78 is 2.13. The Morgan fingerprint density at radius 1 is 1.24 bits per heavy atom. The summed E-state index contributed by atoms with van der Waals surface area (Å²) in [6.07, 6.45) is 1.79. The van der Waals surface area contributed by atoms with Crippen LogP contribution in [-0.4, -0.2) is 22.1 Å². The summed E-state index contributed by atoms with van der Waals surface area (Å²) >= 11 is 5.14. The molecule has 3 nitrogen and oxygen atoms in total. The summed E-state index contributed by atoms with van der Waals surface area (Å²) in [6.45, 7) is 8.76. The second-order valence-electron chi connectivity index (χ2n) is 4.57. The van der Waals surface area contributed by atoms with Crippen molar-refractivity contribution in [2.75, 3.05) is 4.90 Å². The maximum Gasteiger partial charge on any atom is 0.188 e. The highest BCUT2D eigenvalue weighted by Crippen LogP contribution is 2.31. The lowest BCUT2D eigenvalue weighted by Gasteiger charge is -2.30. The van der Waals surface area contributed by atoms with Gasteiger partial charge in [0, 0.05) is 22.8 Å². The zero-order chi connectivity index (χ0) is 12.6. The van der Waals surface area contributed by atoms with E-state index in [9.17, 15) is 0 Å². The van der Waals surface area contributed by atoms with Crippen LogP contribution in [0.2, 0.25) is 0 Å². The van der Waals surface area contributed by atoms with Crippen LogP contribution >= 0.6 is 27.3 Å². The molecular formula is C12H16BrN3S. The standard InChI is InChI=1S/C12H16BrN3S/c1-7(2)16(8(3)4)12-15-11-10(17-12)5-9(13)6-14-11/h5-8H,1-4H3. The first-order chi connectivity index (χ1) is 7.99. The molecule has 0 N–H and O–H groups in total. The molecule has 0 aliphatic heterocycles. The van der Waals surface area contributed by atoms with Crippen LogP contribution in [0, 0.1) is 0 Å². The van der Waals surface area contributed by atoms with E-state index in [2.05, 4.69) is 64.6 Å². The number of hydrogen-bond donors (Lipinski definition) is 0. The Morgan fingerprint density at radius 3 is 2.47 bits per heavy atom. The first-order valence-corrected chi connectivity index (χ1v) is 7.30. The Morgan fingerprint density at radius 2 is 1.88 bits per heavy atom. The van der Waals surface area contributed by atoms with E-state index in [1.165, 1.54) is 0 Å². The number of rotatable bonds is 3. The zero-order valence-electron chi connectivity index (χ0n) is 10.4. The number of pyridine rings is 1. The van der Waals surface area contributed by atoms with E-state index in [0.717, 1.165) is 20.0 Å². The minimum atomic E-state index is 0.444. The van der Waals surface area contributed by atoms with Gasteiger partial charge < -0.3 is 4.90 Å². The Kier molecular flexibility index (Phi) is 3.68. The predicted molar refractivity (Wildman–Crippen MR) is 77.9 cm³/mol. The van der Waals surface area contributed by atoms with E-state index in [4.69, 9.17) is 0 Å². The molecule has 2 heterocycles. The third-order valence-corrected chi connectivity index (χ3v) is 3.97. The lowest BCUT2D eigenvalue weighted by Crippen LogP contribution is -2.36. The largest absolute Gasteiger partial charge is 0.343 e. The number of anilines is 1. The second-order valence-corrected chi connectivity index (χ2v) is 6.49. The maximum atomic E-state index is 4.61. The monoisotopic (exact) mass is 313 g/mol. The van der Waals surface area contributed by atoms with Crippen LogP contribution in [0.25, 0.3) is 10.3 Å². The van der Waals surface area contributed by atoms with Crippen molar-refractivity contribution < 1.29 is 0 Å². The highest BCUT2D eigenvalue weighted by atomic mass is 79.9. The van der Waals surface area contributed by atoms with Crippen LogP contribution in [0.15, 0.2) is 16.7 Å². The van der Waals surface area contributed by atoms with Crippen molar-refractivity contribution in [2.45, 2.75) is 39.8 Å². The fourth-order valence-electron chi connectivity index (χ4n) is 1.93. The molecule has 0 aliphatic carbocycles. The summed E-state index contributed by atoms with van der Waals surface area (Å²) in [5.74, 6) is 0. The molecule has 2 aromatic heterocycles. The van der Waals surface area contributed by atoms with E-state index in [-0.39, 0.29) is 0 Å². The second kappa shape index (κ2) is 4.90. The fraction of sp³-hybridized carbons (Fsp3) is 0.500. The molecule has 0 saturated carbocycles. The van der Waals surface area contributed by atoms with Gasteiger partial charge in [0.15, 0.2) is 10.8 Å². The van der Waals surface area contributed by atoms with Gasteiger partial charge in [-0.25, -0.2) is 4.98 Å². The molecule has 0 radical (unpaired) electrons. The molecule has 0 bridgehead atoms. The van der Waals surface area contributed by atoms with E-state index in [0.29, 0.717) is 12.1 Å². The van der Waals surface area contributed by atoms with Crippen molar-refractivity contribution >= 4 is 42.7 Å². The van der Waals surface area contributed by atoms with Crippen LogP contribution in [0.4, 0.5) is 5.13 Å². The number of aromatic nitrogens is 2. The van der Waals surface area contributed by atoms with E-state index in [1.54, 1.807) is 17.5 Å². The van der Waals surface area contributed by atoms with Gasteiger partial charge in [-0.05, 0) is 49.7 Å². The van der Waals surface area contributed by atoms with Crippen molar-refractivity contribution in [2.24, 2.45) is 0 Å². The topological polar surface area (TPSA) is 29.0 Å². The number of hydrogen-bond acceptors (Lipinski definition) is 4. The molecule has 0 aromatic carbocycles. The van der Waals surface area contributed by atoms with Crippen molar-refractivity contribution in [1.82, 2.24) is 9.97 Å². The van der Waals surface area contributed by atoms with Gasteiger partial charge in [-0.3, -0.25) is 0 Å². The number of nitrogens with zero attached hydrogens (tertiary/aromatic N) is 3. The number of halogens is 1. The van der Waals surface area contributed by atoms with Crippen molar-refractivity contribution in [3.63, 3.8) is 0 Å². The van der Waals surface area contributed by atoms with Gasteiger partial charge >= 0.3 is 0 Å². The van der Waals surface area contributed by atoms with Gasteiger partial charge in [-0.1, -0.05) is 11.3 Å². The summed E-state index contributed by atoms with van der Waals surface area (Å²) in [4.78, 5) is 11.3. The summed E-state index contributed by atoms with van der Waals surface area (Å²) in [6, 6.07) is 2.96. The van der Waals surface area contributed by atoms with Gasteiger partial charge in [0.05, 0.1) is 4.70 Å². The highest BCUT2D eigenvalue weighted by Gasteiger charge is 2.18. The van der Waals surface area contributed by atoms with Crippen LogP contribution in [0.1, 0.15) is 27.7 Å². The van der Waals surface area contributed by atoms with E-state index in [1.807, 2.05) is 0 Å². The van der Waals surface area contributed by atoms with Gasteiger partial charge in [-0.2, -0.15) is 4.98 Å². The Labute approximate surface area is 114 Å². The lowest BCUT2D eigenvalue weighted by molar-refractivity contribution is 0.607. The maximum absolute atomic E-state index is 4.61. The Hall–Kier alpha value is -0.680. The fourth-order valence-corrected chi connectivity index (χ4v) is 3.65. The third-order valence-electron chi connectivity index (χ3n) is 2.54. The van der Waals surface area contributed by atoms with Gasteiger partial charge in [0.1, 0.15) is 0 Å². The van der Waals surface area contributed by atoms with Crippen molar-refractivity contribution in [3.05, 3.63) is 16.7 Å². The van der Waals surface area contributed by atoms with Crippen LogP contribution in [0.3, 0.4) is 0 Å². The molecular weight excluding hydrogens is 298 g/mol. The van der Waals surface area contributed by atoms with E-state index >= 15 is 0 Å². The SMILES string of the molecule is CC(C)N(c1nc2ncc(Br)cc2s1)C(C)C. The third kappa shape index (κ3) is 2.60. The molecule has 5 heteroatoms. The first kappa shape index (κ1) is 12.8. The molecule has 0 saturated heterocycles. The van der Waals surface area contributed by atoms with Crippen LogP contribution in [-0.2, 0) is 0 Å². The molecule has 2 rings (SSSR count).